The molecule has 0 aliphatic heterocycles. The monoisotopic (exact) mass is 546 g/mol. The zero-order valence-electron chi connectivity index (χ0n) is 21.8. The van der Waals surface area contributed by atoms with Crippen LogP contribution in [0, 0.1) is 17.2 Å². The van der Waals surface area contributed by atoms with Crippen LogP contribution >= 0.6 is 23.1 Å². The van der Waals surface area contributed by atoms with Crippen LogP contribution in [0.15, 0.2) is 35.4 Å². The van der Waals surface area contributed by atoms with Gasteiger partial charge in [-0.15, -0.1) is 11.3 Å². The molecule has 3 aromatic heterocycles. The molecule has 0 unspecified atom stereocenters. The molecule has 1 aromatic carbocycles. The molecule has 0 bridgehead atoms. The first-order chi connectivity index (χ1) is 18.4. The Kier molecular flexibility index (Phi) is 7.73. The molecule has 1 amide bonds. The van der Waals surface area contributed by atoms with Crippen LogP contribution in [0.2, 0.25) is 0 Å². The summed E-state index contributed by atoms with van der Waals surface area (Å²) in [4.78, 5) is 32.0. The lowest BCUT2D eigenvalue weighted by molar-refractivity contribution is -0.113. The second-order valence-corrected chi connectivity index (χ2v) is 11.7. The van der Waals surface area contributed by atoms with E-state index in [-0.39, 0.29) is 24.2 Å². The van der Waals surface area contributed by atoms with E-state index in [2.05, 4.69) is 25.2 Å². The smallest absolute Gasteiger partial charge is 0.341 e. The number of rotatable bonds is 8. The number of amides is 1. The molecule has 1 atom stereocenters. The number of imidazole rings is 1. The highest BCUT2D eigenvalue weighted by Crippen LogP contribution is 2.40. The van der Waals surface area contributed by atoms with Crippen LogP contribution in [0.1, 0.15) is 65.5 Å². The van der Waals surface area contributed by atoms with Crippen molar-refractivity contribution < 1.29 is 14.3 Å². The van der Waals surface area contributed by atoms with E-state index in [0.717, 1.165) is 64.2 Å². The standard InChI is InChI=1S/C29H30N4O3S2/c1-4-8-18-14-25(33-22-10-7-6-9-21(22)31-27(33)20(18)15-30)37-16-24(34)32-28-26(29(35)36-5-2)19-13-17(3)11-12-23(19)38-28/h6-7,9-10,14,17H,4-5,8,11-13,16H2,1-3H3,(H,32,34)/t17-/m1/s1. The number of nitrogens with one attached hydrogen (secondary N) is 1. The number of aromatic nitrogens is 2. The Bertz CT molecular complexity index is 1580. The van der Waals surface area contributed by atoms with Gasteiger partial charge in [-0.1, -0.05) is 44.2 Å². The van der Waals surface area contributed by atoms with Crippen LogP contribution in [0.4, 0.5) is 5.00 Å². The van der Waals surface area contributed by atoms with Gasteiger partial charge in [-0.05, 0) is 67.9 Å². The quantitative estimate of drug-likeness (QED) is 0.203. The van der Waals surface area contributed by atoms with Gasteiger partial charge in [-0.2, -0.15) is 5.26 Å². The predicted molar refractivity (Wildman–Crippen MR) is 152 cm³/mol. The maximum absolute atomic E-state index is 13.2. The SMILES string of the molecule is CCCc1cc(SCC(=O)Nc2sc3c(c2C(=O)OCC)C[C@H](C)CC3)n2c(nc3ccccc32)c1C#N. The molecule has 9 heteroatoms. The number of esters is 1. The second-order valence-electron chi connectivity index (χ2n) is 9.62. The summed E-state index contributed by atoms with van der Waals surface area (Å²) in [6.45, 7) is 6.35. The number of nitriles is 1. The van der Waals surface area contributed by atoms with Gasteiger partial charge in [0, 0.05) is 4.88 Å². The molecule has 3 heterocycles. The van der Waals surface area contributed by atoms with Crippen LogP contribution < -0.4 is 5.32 Å². The predicted octanol–water partition coefficient (Wildman–Crippen LogP) is 6.41. The van der Waals surface area contributed by atoms with E-state index in [0.29, 0.717) is 27.7 Å². The second kappa shape index (κ2) is 11.2. The average molecular weight is 547 g/mol. The lowest BCUT2D eigenvalue weighted by Gasteiger charge is -2.18. The highest BCUT2D eigenvalue weighted by molar-refractivity contribution is 7.99. The molecule has 0 radical (unpaired) electrons. The number of hydrogen-bond acceptors (Lipinski definition) is 7. The Morgan fingerprint density at radius 3 is 2.89 bits per heavy atom. The minimum Gasteiger partial charge on any atom is -0.462 e. The number of fused-ring (bicyclic) bond motifs is 4. The number of nitrogens with zero attached hydrogens (tertiary/aromatic N) is 3. The lowest BCUT2D eigenvalue weighted by atomic mass is 9.88. The number of para-hydroxylation sites is 2. The highest BCUT2D eigenvalue weighted by atomic mass is 32.2. The third-order valence-electron chi connectivity index (χ3n) is 6.85. The van der Waals surface area contributed by atoms with E-state index in [1.54, 1.807) is 6.92 Å². The van der Waals surface area contributed by atoms with Crippen molar-refractivity contribution in [3.8, 4) is 6.07 Å². The number of carbonyl (C=O) groups excluding carboxylic acids is 2. The van der Waals surface area contributed by atoms with Crippen LogP contribution in [0.3, 0.4) is 0 Å². The fourth-order valence-electron chi connectivity index (χ4n) is 5.11. The number of hydrogen-bond donors (Lipinski definition) is 1. The minimum absolute atomic E-state index is 0.153. The first-order valence-electron chi connectivity index (χ1n) is 13.0. The molecule has 1 N–H and O–H groups in total. The molecule has 0 spiro atoms. The number of pyridine rings is 1. The van der Waals surface area contributed by atoms with Gasteiger partial charge in [-0.25, -0.2) is 9.78 Å². The molecule has 7 nitrogen and oxygen atoms in total. The molecule has 4 aromatic rings. The number of aryl methyl sites for hydroxylation is 2. The van der Waals surface area contributed by atoms with Gasteiger partial charge < -0.3 is 10.1 Å². The van der Waals surface area contributed by atoms with Gasteiger partial charge in [0.05, 0.1) is 39.5 Å². The number of thiophene rings is 1. The van der Waals surface area contributed by atoms with Crippen LogP contribution in [-0.2, 0) is 28.8 Å². The van der Waals surface area contributed by atoms with Crippen molar-refractivity contribution in [3.05, 3.63) is 57.5 Å². The van der Waals surface area contributed by atoms with E-state index >= 15 is 0 Å². The Balaban J connectivity index is 1.45. The van der Waals surface area contributed by atoms with Crippen molar-refractivity contribution in [3.63, 3.8) is 0 Å². The molecular weight excluding hydrogens is 516 g/mol. The van der Waals surface area contributed by atoms with E-state index < -0.39 is 0 Å². The van der Waals surface area contributed by atoms with E-state index in [9.17, 15) is 14.9 Å². The molecule has 0 fully saturated rings. The van der Waals surface area contributed by atoms with Gasteiger partial charge in [0.2, 0.25) is 5.91 Å². The van der Waals surface area contributed by atoms with Gasteiger partial charge in [0.1, 0.15) is 11.1 Å². The Morgan fingerprint density at radius 1 is 1.32 bits per heavy atom. The number of benzene rings is 1. The Hall–Kier alpha value is -3.35. The van der Waals surface area contributed by atoms with Gasteiger partial charge in [0.15, 0.2) is 5.65 Å². The van der Waals surface area contributed by atoms with E-state index in [4.69, 9.17) is 9.72 Å². The largest absolute Gasteiger partial charge is 0.462 e. The van der Waals surface area contributed by atoms with Crippen LogP contribution in [0.25, 0.3) is 16.7 Å². The van der Waals surface area contributed by atoms with Crippen LogP contribution in [-0.4, -0.2) is 33.6 Å². The molecule has 196 valence electrons. The number of anilines is 1. The summed E-state index contributed by atoms with van der Waals surface area (Å²) in [6, 6.07) is 12.1. The molecule has 5 rings (SSSR count). The average Bonchev–Trinajstić information content (AvgIpc) is 3.45. The fraction of sp³-hybridized carbons (Fsp3) is 0.379. The third-order valence-corrected chi connectivity index (χ3v) is 9.06. The van der Waals surface area contributed by atoms with Crippen molar-refractivity contribution in [2.75, 3.05) is 17.7 Å². The van der Waals surface area contributed by atoms with E-state index in [1.165, 1.54) is 23.1 Å². The summed E-state index contributed by atoms with van der Waals surface area (Å²) in [6.07, 6.45) is 4.46. The van der Waals surface area contributed by atoms with Crippen molar-refractivity contribution in [1.29, 1.82) is 5.26 Å². The summed E-state index contributed by atoms with van der Waals surface area (Å²) < 4.78 is 7.32. The third kappa shape index (κ3) is 4.91. The zero-order valence-corrected chi connectivity index (χ0v) is 23.4. The first-order valence-corrected chi connectivity index (χ1v) is 14.8. The maximum atomic E-state index is 13.2. The summed E-state index contributed by atoms with van der Waals surface area (Å²) in [5, 5.41) is 14.4. The van der Waals surface area contributed by atoms with Gasteiger partial charge >= 0.3 is 5.97 Å². The lowest BCUT2D eigenvalue weighted by Crippen LogP contribution is -2.18. The summed E-state index contributed by atoms with van der Waals surface area (Å²) in [7, 11) is 0. The van der Waals surface area contributed by atoms with Gasteiger partial charge in [-0.3, -0.25) is 9.20 Å². The summed E-state index contributed by atoms with van der Waals surface area (Å²) in [5.74, 6) is 0.0851. The summed E-state index contributed by atoms with van der Waals surface area (Å²) in [5.41, 5.74) is 5.38. The fourth-order valence-corrected chi connectivity index (χ4v) is 7.25. The number of ether oxygens (including phenoxy) is 1. The van der Waals surface area contributed by atoms with Crippen molar-refractivity contribution in [2.24, 2.45) is 5.92 Å². The maximum Gasteiger partial charge on any atom is 0.341 e. The van der Waals surface area contributed by atoms with Crippen molar-refractivity contribution >= 4 is 56.7 Å². The molecule has 1 aliphatic rings. The normalized spacial score (nSPS) is 14.8. The molecule has 1 aliphatic carbocycles. The number of carbonyl (C=O) groups is 2. The number of thioether (sulfide) groups is 1. The topological polar surface area (TPSA) is 96.5 Å². The summed E-state index contributed by atoms with van der Waals surface area (Å²) >= 11 is 2.90. The molecular formula is C29H30N4O3S2. The Labute approximate surface area is 230 Å². The highest BCUT2D eigenvalue weighted by Gasteiger charge is 2.29. The van der Waals surface area contributed by atoms with Crippen molar-refractivity contribution in [2.45, 2.75) is 57.9 Å². The minimum atomic E-state index is -0.370. The molecule has 0 saturated heterocycles. The van der Waals surface area contributed by atoms with E-state index in [1.807, 2.05) is 34.7 Å². The van der Waals surface area contributed by atoms with Crippen LogP contribution in [0.5, 0.6) is 0 Å². The Morgan fingerprint density at radius 2 is 2.13 bits per heavy atom. The van der Waals surface area contributed by atoms with Gasteiger partial charge in [0.25, 0.3) is 0 Å². The first kappa shape index (κ1) is 26.3. The molecule has 0 saturated carbocycles. The molecule has 38 heavy (non-hydrogen) atoms. The zero-order chi connectivity index (χ0) is 26.8. The van der Waals surface area contributed by atoms with Crippen molar-refractivity contribution in [1.82, 2.24) is 9.38 Å².